The summed E-state index contributed by atoms with van der Waals surface area (Å²) < 4.78 is 0. The molecule has 0 bridgehead atoms. The van der Waals surface area contributed by atoms with E-state index in [0.717, 1.165) is 18.2 Å². The molecule has 0 saturated heterocycles. The highest BCUT2D eigenvalue weighted by molar-refractivity contribution is 5.30. The molecule has 0 radical (unpaired) electrons. The lowest BCUT2D eigenvalue weighted by atomic mass is 10.3. The highest BCUT2D eigenvalue weighted by Crippen LogP contribution is 2.31. The Morgan fingerprint density at radius 3 is 3.08 bits per heavy atom. The fraction of sp³-hybridized carbons (Fsp3) is 0.500. The number of hydrogen-bond donors (Lipinski definition) is 2. The Bertz CT molecular complexity index is 270. The number of nitrogens with zero attached hydrogens (tertiary/aromatic N) is 2. The van der Waals surface area contributed by atoms with Gasteiger partial charge in [0.2, 0.25) is 0 Å². The number of nitrogen functional groups attached to an aromatic ring is 1. The molecule has 1 saturated carbocycles. The van der Waals surface area contributed by atoms with Crippen LogP contribution in [0.25, 0.3) is 0 Å². The normalized spacial score (nSPS) is 16.1. The van der Waals surface area contributed by atoms with Crippen molar-refractivity contribution in [2.45, 2.75) is 19.3 Å². The largest absolute Gasteiger partial charge is 0.308 e. The van der Waals surface area contributed by atoms with Gasteiger partial charge in [-0.3, -0.25) is 0 Å². The predicted molar refractivity (Wildman–Crippen MR) is 46.3 cm³/mol. The van der Waals surface area contributed by atoms with Crippen LogP contribution in [-0.4, -0.2) is 9.97 Å². The maximum absolute atomic E-state index is 5.22. The van der Waals surface area contributed by atoms with Gasteiger partial charge in [0.15, 0.2) is 0 Å². The van der Waals surface area contributed by atoms with E-state index in [9.17, 15) is 0 Å². The van der Waals surface area contributed by atoms with Gasteiger partial charge in [-0.05, 0) is 18.8 Å². The summed E-state index contributed by atoms with van der Waals surface area (Å²) in [6.45, 7) is 0. The van der Waals surface area contributed by atoms with Gasteiger partial charge in [0.1, 0.15) is 11.6 Å². The summed E-state index contributed by atoms with van der Waals surface area (Å²) in [5.41, 5.74) is 2.51. The summed E-state index contributed by atoms with van der Waals surface area (Å²) >= 11 is 0. The van der Waals surface area contributed by atoms with Crippen molar-refractivity contribution in [3.8, 4) is 0 Å². The second kappa shape index (κ2) is 3.06. The maximum atomic E-state index is 5.22. The van der Waals surface area contributed by atoms with Gasteiger partial charge in [0.25, 0.3) is 0 Å². The molecule has 4 heteroatoms. The number of hydrazine groups is 1. The number of nitrogens with one attached hydrogen (secondary N) is 1. The molecule has 3 N–H and O–H groups in total. The molecule has 0 unspecified atom stereocenters. The molecular formula is C8H12N4. The predicted octanol–water partition coefficient (Wildman–Crippen LogP) is 0.715. The number of rotatable bonds is 3. The number of anilines is 1. The number of hydrogen-bond acceptors (Lipinski definition) is 4. The standard InChI is InChI=1S/C8H12N4/c9-12-7-3-4-10-8(11-7)5-6-1-2-6/h3-4,6H,1-2,5,9H2,(H,10,11,12). The zero-order valence-electron chi connectivity index (χ0n) is 6.83. The quantitative estimate of drug-likeness (QED) is 0.510. The SMILES string of the molecule is NNc1ccnc(CC2CC2)n1. The molecule has 1 aliphatic carbocycles. The average Bonchev–Trinajstić information content (AvgIpc) is 2.89. The molecule has 0 amide bonds. The highest BCUT2D eigenvalue weighted by atomic mass is 15.3. The molecule has 1 aliphatic rings. The van der Waals surface area contributed by atoms with E-state index in [1.165, 1.54) is 12.8 Å². The fourth-order valence-electron chi connectivity index (χ4n) is 1.16. The lowest BCUT2D eigenvalue weighted by Crippen LogP contribution is -2.10. The summed E-state index contributed by atoms with van der Waals surface area (Å²) in [5.74, 6) is 7.63. The Kier molecular flexibility index (Phi) is 1.91. The van der Waals surface area contributed by atoms with Gasteiger partial charge in [-0.15, -0.1) is 0 Å². The first-order valence-corrected chi connectivity index (χ1v) is 4.17. The van der Waals surface area contributed by atoms with Crippen molar-refractivity contribution in [3.63, 3.8) is 0 Å². The van der Waals surface area contributed by atoms with E-state index in [0.29, 0.717) is 5.82 Å². The van der Waals surface area contributed by atoms with Crippen LogP contribution in [0.4, 0.5) is 5.82 Å². The highest BCUT2D eigenvalue weighted by Gasteiger charge is 2.22. The Morgan fingerprint density at radius 1 is 1.58 bits per heavy atom. The van der Waals surface area contributed by atoms with Gasteiger partial charge < -0.3 is 5.43 Å². The molecule has 2 rings (SSSR count). The molecule has 12 heavy (non-hydrogen) atoms. The second-order valence-corrected chi connectivity index (χ2v) is 3.15. The van der Waals surface area contributed by atoms with Gasteiger partial charge in [0, 0.05) is 18.7 Å². The number of nitrogens with two attached hydrogens (primary N) is 1. The van der Waals surface area contributed by atoms with Gasteiger partial charge in [0.05, 0.1) is 0 Å². The number of aromatic nitrogens is 2. The molecule has 1 aromatic rings. The average molecular weight is 164 g/mol. The van der Waals surface area contributed by atoms with Gasteiger partial charge in [-0.2, -0.15) is 0 Å². The van der Waals surface area contributed by atoms with E-state index in [1.54, 1.807) is 12.3 Å². The van der Waals surface area contributed by atoms with Crippen molar-refractivity contribution in [3.05, 3.63) is 18.1 Å². The third-order valence-corrected chi connectivity index (χ3v) is 2.02. The van der Waals surface area contributed by atoms with Crippen LogP contribution in [0.5, 0.6) is 0 Å². The lowest BCUT2D eigenvalue weighted by molar-refractivity contribution is 0.770. The Hall–Kier alpha value is -1.16. The summed E-state index contributed by atoms with van der Waals surface area (Å²) in [4.78, 5) is 8.39. The van der Waals surface area contributed by atoms with E-state index < -0.39 is 0 Å². The zero-order valence-corrected chi connectivity index (χ0v) is 6.83. The van der Waals surface area contributed by atoms with E-state index in [1.807, 2.05) is 0 Å². The third kappa shape index (κ3) is 1.71. The molecule has 0 aliphatic heterocycles. The van der Waals surface area contributed by atoms with Crippen LogP contribution in [0.15, 0.2) is 12.3 Å². The zero-order chi connectivity index (χ0) is 8.39. The lowest BCUT2D eigenvalue weighted by Gasteiger charge is -2.00. The third-order valence-electron chi connectivity index (χ3n) is 2.02. The molecule has 0 spiro atoms. The summed E-state index contributed by atoms with van der Waals surface area (Å²) in [6.07, 6.45) is 5.38. The summed E-state index contributed by atoms with van der Waals surface area (Å²) in [5, 5.41) is 0. The Labute approximate surface area is 71.2 Å². The van der Waals surface area contributed by atoms with Crippen molar-refractivity contribution in [2.75, 3.05) is 5.43 Å². The van der Waals surface area contributed by atoms with E-state index in [4.69, 9.17) is 5.84 Å². The fourth-order valence-corrected chi connectivity index (χ4v) is 1.16. The van der Waals surface area contributed by atoms with Gasteiger partial charge in [-0.25, -0.2) is 15.8 Å². The maximum Gasteiger partial charge on any atom is 0.143 e. The van der Waals surface area contributed by atoms with Crippen molar-refractivity contribution < 1.29 is 0 Å². The minimum Gasteiger partial charge on any atom is -0.308 e. The van der Waals surface area contributed by atoms with Crippen LogP contribution >= 0.6 is 0 Å². The van der Waals surface area contributed by atoms with Crippen molar-refractivity contribution in [1.29, 1.82) is 0 Å². The molecular weight excluding hydrogens is 152 g/mol. The van der Waals surface area contributed by atoms with Crippen LogP contribution in [0.1, 0.15) is 18.7 Å². The van der Waals surface area contributed by atoms with Gasteiger partial charge >= 0.3 is 0 Å². The molecule has 1 aromatic heterocycles. The van der Waals surface area contributed by atoms with Crippen LogP contribution in [0.3, 0.4) is 0 Å². The molecule has 4 nitrogen and oxygen atoms in total. The molecule has 0 aromatic carbocycles. The van der Waals surface area contributed by atoms with E-state index in [-0.39, 0.29) is 0 Å². The van der Waals surface area contributed by atoms with E-state index >= 15 is 0 Å². The van der Waals surface area contributed by atoms with Crippen LogP contribution < -0.4 is 11.3 Å². The Morgan fingerprint density at radius 2 is 2.42 bits per heavy atom. The smallest absolute Gasteiger partial charge is 0.143 e. The Balaban J connectivity index is 2.08. The van der Waals surface area contributed by atoms with Crippen LogP contribution in [-0.2, 0) is 6.42 Å². The molecule has 0 atom stereocenters. The van der Waals surface area contributed by atoms with Crippen molar-refractivity contribution in [2.24, 2.45) is 11.8 Å². The minimum absolute atomic E-state index is 0.695. The second-order valence-electron chi connectivity index (χ2n) is 3.15. The van der Waals surface area contributed by atoms with E-state index in [2.05, 4.69) is 15.4 Å². The first kappa shape index (κ1) is 7.49. The monoisotopic (exact) mass is 164 g/mol. The first-order valence-electron chi connectivity index (χ1n) is 4.17. The van der Waals surface area contributed by atoms with Crippen LogP contribution in [0, 0.1) is 5.92 Å². The van der Waals surface area contributed by atoms with Crippen LogP contribution in [0.2, 0.25) is 0 Å². The van der Waals surface area contributed by atoms with Crippen molar-refractivity contribution in [1.82, 2.24) is 9.97 Å². The van der Waals surface area contributed by atoms with Gasteiger partial charge in [-0.1, -0.05) is 0 Å². The molecule has 1 fully saturated rings. The topological polar surface area (TPSA) is 63.8 Å². The minimum atomic E-state index is 0.695. The first-order chi connectivity index (χ1) is 5.88. The summed E-state index contributed by atoms with van der Waals surface area (Å²) in [6, 6.07) is 1.76. The summed E-state index contributed by atoms with van der Waals surface area (Å²) in [7, 11) is 0. The molecule has 1 heterocycles. The van der Waals surface area contributed by atoms with Crippen molar-refractivity contribution >= 4 is 5.82 Å². The molecule has 64 valence electrons.